The van der Waals surface area contributed by atoms with Crippen LogP contribution in [0.3, 0.4) is 0 Å². The van der Waals surface area contributed by atoms with Crippen molar-refractivity contribution in [1.82, 2.24) is 10.2 Å². The number of hydrogen-bond donors (Lipinski definition) is 1. The summed E-state index contributed by atoms with van der Waals surface area (Å²) in [5.41, 5.74) is 2.14. The molecule has 1 saturated heterocycles. The van der Waals surface area contributed by atoms with Gasteiger partial charge in [-0.15, -0.1) is 0 Å². The van der Waals surface area contributed by atoms with Gasteiger partial charge in [-0.2, -0.15) is 5.26 Å². The van der Waals surface area contributed by atoms with Crippen molar-refractivity contribution in [3.63, 3.8) is 0 Å². The molecule has 0 radical (unpaired) electrons. The number of nitriles is 1. The van der Waals surface area contributed by atoms with E-state index in [0.29, 0.717) is 12.1 Å². The van der Waals surface area contributed by atoms with Gasteiger partial charge in [0, 0.05) is 18.6 Å². The SMILES string of the molecule is COc1cccc([C@]2(C#N)CC[C@@H](NC3CCN(Cc4ccccc4)CC3)CC2)c1. The summed E-state index contributed by atoms with van der Waals surface area (Å²) in [4.78, 5) is 2.57. The van der Waals surface area contributed by atoms with E-state index in [-0.39, 0.29) is 5.41 Å². The minimum Gasteiger partial charge on any atom is -0.497 e. The third-order valence-electron chi connectivity index (χ3n) is 6.98. The second kappa shape index (κ2) is 9.64. The maximum absolute atomic E-state index is 10.00. The number of nitrogens with zero attached hydrogens (tertiary/aromatic N) is 2. The number of likely N-dealkylation sites (tertiary alicyclic amines) is 1. The summed E-state index contributed by atoms with van der Waals surface area (Å²) in [7, 11) is 1.68. The van der Waals surface area contributed by atoms with Crippen molar-refractivity contribution in [2.75, 3.05) is 20.2 Å². The zero-order chi connectivity index (χ0) is 20.8. The summed E-state index contributed by atoms with van der Waals surface area (Å²) in [5, 5.41) is 13.9. The standard InChI is InChI=1S/C26H33N3O/c1-30-25-9-5-8-22(18-25)26(20-27)14-10-23(11-15-26)28-24-12-16-29(17-13-24)19-21-6-3-2-4-7-21/h2-9,18,23-24,28H,10-17,19H2,1H3/t23-,26-. The van der Waals surface area contributed by atoms with Crippen LogP contribution in [-0.2, 0) is 12.0 Å². The average Bonchev–Trinajstić information content (AvgIpc) is 2.82. The molecule has 4 nitrogen and oxygen atoms in total. The van der Waals surface area contributed by atoms with Gasteiger partial charge in [0.1, 0.15) is 5.75 Å². The van der Waals surface area contributed by atoms with Crippen LogP contribution in [0.1, 0.15) is 49.7 Å². The first-order valence-electron chi connectivity index (χ1n) is 11.3. The second-order valence-electron chi connectivity index (χ2n) is 8.90. The minimum absolute atomic E-state index is 0.369. The Morgan fingerprint density at radius 1 is 1.00 bits per heavy atom. The molecule has 4 heteroatoms. The zero-order valence-corrected chi connectivity index (χ0v) is 18.0. The van der Waals surface area contributed by atoms with E-state index in [2.05, 4.69) is 52.7 Å². The summed E-state index contributed by atoms with van der Waals surface area (Å²) in [6.07, 6.45) is 6.39. The summed E-state index contributed by atoms with van der Waals surface area (Å²) in [6, 6.07) is 22.6. The Hall–Kier alpha value is -2.35. The van der Waals surface area contributed by atoms with Crippen LogP contribution in [0.5, 0.6) is 5.75 Å². The molecule has 0 unspecified atom stereocenters. The van der Waals surface area contributed by atoms with E-state index >= 15 is 0 Å². The maximum Gasteiger partial charge on any atom is 0.119 e. The van der Waals surface area contributed by atoms with E-state index in [1.165, 1.54) is 18.4 Å². The summed E-state index contributed by atoms with van der Waals surface area (Å²) in [5.74, 6) is 0.838. The Bertz CT molecular complexity index is 844. The van der Waals surface area contributed by atoms with Crippen molar-refractivity contribution in [2.45, 2.75) is 62.6 Å². The number of hydrogen-bond acceptors (Lipinski definition) is 4. The molecule has 1 aliphatic heterocycles. The average molecular weight is 404 g/mol. The van der Waals surface area contributed by atoms with Gasteiger partial charge in [0.15, 0.2) is 0 Å². The molecule has 0 atom stereocenters. The first-order valence-corrected chi connectivity index (χ1v) is 11.3. The highest BCUT2D eigenvalue weighted by atomic mass is 16.5. The van der Waals surface area contributed by atoms with Crippen LogP contribution in [-0.4, -0.2) is 37.2 Å². The van der Waals surface area contributed by atoms with E-state index < -0.39 is 0 Å². The van der Waals surface area contributed by atoms with Crippen LogP contribution in [0.2, 0.25) is 0 Å². The molecule has 1 saturated carbocycles. The van der Waals surface area contributed by atoms with Crippen LogP contribution in [0.25, 0.3) is 0 Å². The molecule has 0 spiro atoms. The summed E-state index contributed by atoms with van der Waals surface area (Å²) in [6.45, 7) is 3.37. The molecule has 2 fully saturated rings. The second-order valence-corrected chi connectivity index (χ2v) is 8.90. The van der Waals surface area contributed by atoms with E-state index in [0.717, 1.165) is 56.6 Å². The van der Waals surface area contributed by atoms with Crippen molar-refractivity contribution in [2.24, 2.45) is 0 Å². The van der Waals surface area contributed by atoms with Gasteiger partial charge < -0.3 is 10.1 Å². The number of ether oxygens (including phenoxy) is 1. The quantitative estimate of drug-likeness (QED) is 0.762. The van der Waals surface area contributed by atoms with E-state index in [1.54, 1.807) is 7.11 Å². The van der Waals surface area contributed by atoms with Gasteiger partial charge in [0.05, 0.1) is 18.6 Å². The molecule has 2 aromatic rings. The fraction of sp³-hybridized carbons (Fsp3) is 0.500. The molecule has 2 aromatic carbocycles. The smallest absolute Gasteiger partial charge is 0.119 e. The zero-order valence-electron chi connectivity index (χ0n) is 18.0. The fourth-order valence-corrected chi connectivity index (χ4v) is 5.10. The maximum atomic E-state index is 10.00. The van der Waals surface area contributed by atoms with Crippen molar-refractivity contribution < 1.29 is 4.74 Å². The fourth-order valence-electron chi connectivity index (χ4n) is 5.10. The monoisotopic (exact) mass is 403 g/mol. The van der Waals surface area contributed by atoms with Crippen LogP contribution in [0.15, 0.2) is 54.6 Å². The predicted octanol–water partition coefficient (Wildman–Crippen LogP) is 4.65. The molecule has 2 aliphatic rings. The minimum atomic E-state index is -0.369. The number of benzene rings is 2. The highest BCUT2D eigenvalue weighted by molar-refractivity contribution is 5.38. The Morgan fingerprint density at radius 3 is 2.37 bits per heavy atom. The predicted molar refractivity (Wildman–Crippen MR) is 120 cm³/mol. The summed E-state index contributed by atoms with van der Waals surface area (Å²) >= 11 is 0. The summed E-state index contributed by atoms with van der Waals surface area (Å²) < 4.78 is 5.38. The van der Waals surface area contributed by atoms with Crippen LogP contribution in [0, 0.1) is 11.3 Å². The van der Waals surface area contributed by atoms with E-state index in [4.69, 9.17) is 4.74 Å². The van der Waals surface area contributed by atoms with Gasteiger partial charge in [-0.25, -0.2) is 0 Å². The molecule has 1 heterocycles. The first-order chi connectivity index (χ1) is 14.7. The van der Waals surface area contributed by atoms with Crippen LogP contribution in [0.4, 0.5) is 0 Å². The number of methoxy groups -OCH3 is 1. The van der Waals surface area contributed by atoms with Gasteiger partial charge in [-0.3, -0.25) is 4.90 Å². The highest BCUT2D eigenvalue weighted by Crippen LogP contribution is 2.40. The molecule has 158 valence electrons. The first kappa shape index (κ1) is 20.9. The molecule has 0 bridgehead atoms. The molecule has 0 amide bonds. The Balaban J connectivity index is 1.26. The molecule has 1 aliphatic carbocycles. The van der Waals surface area contributed by atoms with Crippen molar-refractivity contribution in [1.29, 1.82) is 5.26 Å². The van der Waals surface area contributed by atoms with Crippen molar-refractivity contribution in [3.05, 3.63) is 65.7 Å². The van der Waals surface area contributed by atoms with Crippen LogP contribution < -0.4 is 10.1 Å². The number of piperidine rings is 1. The van der Waals surface area contributed by atoms with Gasteiger partial charge in [0.2, 0.25) is 0 Å². The topological polar surface area (TPSA) is 48.3 Å². The number of rotatable bonds is 6. The van der Waals surface area contributed by atoms with Gasteiger partial charge in [-0.05, 0) is 74.9 Å². The third-order valence-corrected chi connectivity index (χ3v) is 6.98. The normalized spacial score (nSPS) is 25.5. The molecule has 0 aromatic heterocycles. The van der Waals surface area contributed by atoms with Crippen molar-refractivity contribution >= 4 is 0 Å². The van der Waals surface area contributed by atoms with E-state index in [9.17, 15) is 5.26 Å². The highest BCUT2D eigenvalue weighted by Gasteiger charge is 2.38. The van der Waals surface area contributed by atoms with Gasteiger partial charge in [0.25, 0.3) is 0 Å². The van der Waals surface area contributed by atoms with Gasteiger partial charge in [-0.1, -0.05) is 42.5 Å². The Labute approximate surface area is 180 Å². The van der Waals surface area contributed by atoms with E-state index in [1.807, 2.05) is 18.2 Å². The Morgan fingerprint density at radius 2 is 1.70 bits per heavy atom. The lowest BCUT2D eigenvalue weighted by Gasteiger charge is -2.39. The van der Waals surface area contributed by atoms with Crippen LogP contribution >= 0.6 is 0 Å². The largest absolute Gasteiger partial charge is 0.497 e. The lowest BCUT2D eigenvalue weighted by Crippen LogP contribution is -2.48. The molecule has 1 N–H and O–H groups in total. The number of nitrogens with one attached hydrogen (secondary N) is 1. The third kappa shape index (κ3) is 4.86. The molecular formula is C26H33N3O. The lowest BCUT2D eigenvalue weighted by atomic mass is 9.69. The van der Waals surface area contributed by atoms with Crippen molar-refractivity contribution in [3.8, 4) is 11.8 Å². The van der Waals surface area contributed by atoms with Gasteiger partial charge >= 0.3 is 0 Å². The molecule has 4 rings (SSSR count). The Kier molecular flexibility index (Phi) is 6.72. The molecule has 30 heavy (non-hydrogen) atoms. The molecular weight excluding hydrogens is 370 g/mol. The lowest BCUT2D eigenvalue weighted by molar-refractivity contribution is 0.173.